The number of hydrogen-bond acceptors (Lipinski definition) is 5. The zero-order valence-corrected chi connectivity index (χ0v) is 21.7. The van der Waals surface area contributed by atoms with E-state index < -0.39 is 0 Å². The predicted molar refractivity (Wildman–Crippen MR) is 144 cm³/mol. The molecule has 35 heavy (non-hydrogen) atoms. The molecule has 7 nitrogen and oxygen atoms in total. The van der Waals surface area contributed by atoms with Crippen LogP contribution >= 0.6 is 12.4 Å². The Bertz CT molecular complexity index is 991. The third-order valence-electron chi connectivity index (χ3n) is 7.11. The second-order valence-corrected chi connectivity index (χ2v) is 9.34. The summed E-state index contributed by atoms with van der Waals surface area (Å²) >= 11 is 0. The van der Waals surface area contributed by atoms with Crippen LogP contribution in [0.25, 0.3) is 0 Å². The molecule has 0 spiro atoms. The average Bonchev–Trinajstić information content (AvgIpc) is 2.99. The first kappa shape index (κ1) is 27.1. The van der Waals surface area contributed by atoms with Crippen molar-refractivity contribution in [3.63, 3.8) is 0 Å². The topological polar surface area (TPSA) is 68.8 Å². The summed E-state index contributed by atoms with van der Waals surface area (Å²) in [6.45, 7) is 9.41. The van der Waals surface area contributed by atoms with Crippen molar-refractivity contribution in [3.05, 3.63) is 48.2 Å². The van der Waals surface area contributed by atoms with Gasteiger partial charge in [0.15, 0.2) is 5.82 Å². The molecular weight excluding hydrogens is 462 g/mol. The monoisotopic (exact) mass is 499 g/mol. The van der Waals surface area contributed by atoms with Crippen molar-refractivity contribution in [2.24, 2.45) is 5.92 Å². The molecule has 0 saturated heterocycles. The summed E-state index contributed by atoms with van der Waals surface area (Å²) in [6, 6.07) is 10.9. The molecule has 1 aliphatic carbocycles. The molecule has 2 amide bonds. The van der Waals surface area contributed by atoms with Gasteiger partial charge < -0.3 is 10.2 Å². The molecule has 0 bridgehead atoms. The molecule has 2 heterocycles. The lowest BCUT2D eigenvalue weighted by molar-refractivity contribution is -0.119. The first-order valence-corrected chi connectivity index (χ1v) is 12.7. The first-order chi connectivity index (χ1) is 16.6. The standard InChI is InChI=1S/C27H37N5O2.ClH/c1-3-30(4-2)17-18-31(19-21-11-6-5-7-12-21)20-25(33)32-24-15-9-8-13-22(24)27(34)29-23-14-10-16-28-26(23)32;/h8-10,13-16,21H,3-7,11-12,17-20H2,1-2H3,(H,29,34);1H. The van der Waals surface area contributed by atoms with Crippen LogP contribution in [0, 0.1) is 5.92 Å². The fourth-order valence-electron chi connectivity index (χ4n) is 5.14. The molecule has 1 aromatic heterocycles. The molecule has 1 saturated carbocycles. The highest BCUT2D eigenvalue weighted by atomic mass is 35.5. The van der Waals surface area contributed by atoms with Crippen molar-refractivity contribution in [2.75, 3.05) is 49.5 Å². The van der Waals surface area contributed by atoms with E-state index in [1.807, 2.05) is 18.2 Å². The van der Waals surface area contributed by atoms with E-state index in [2.05, 4.69) is 33.9 Å². The molecule has 2 aliphatic rings. The van der Waals surface area contributed by atoms with Crippen LogP contribution in [-0.2, 0) is 4.79 Å². The number of para-hydroxylation sites is 1. The Morgan fingerprint density at radius 2 is 1.74 bits per heavy atom. The number of fused-ring (bicyclic) bond motifs is 2. The van der Waals surface area contributed by atoms with E-state index in [1.165, 1.54) is 32.1 Å². The van der Waals surface area contributed by atoms with Gasteiger partial charge in [-0.25, -0.2) is 4.98 Å². The number of halogens is 1. The van der Waals surface area contributed by atoms with E-state index in [4.69, 9.17) is 0 Å². The molecular formula is C27H38ClN5O2. The van der Waals surface area contributed by atoms with Crippen molar-refractivity contribution in [2.45, 2.75) is 46.0 Å². The molecule has 1 aromatic carbocycles. The zero-order chi connectivity index (χ0) is 23.9. The van der Waals surface area contributed by atoms with Gasteiger partial charge in [-0.05, 0) is 56.1 Å². The molecule has 0 unspecified atom stereocenters. The van der Waals surface area contributed by atoms with Gasteiger partial charge in [0.05, 0.1) is 23.5 Å². The van der Waals surface area contributed by atoms with Gasteiger partial charge in [-0.1, -0.05) is 45.2 Å². The number of hydrogen-bond donors (Lipinski definition) is 1. The third kappa shape index (κ3) is 6.60. The van der Waals surface area contributed by atoms with Gasteiger partial charge in [0, 0.05) is 25.8 Å². The maximum atomic E-state index is 13.9. The number of nitrogens with zero attached hydrogens (tertiary/aromatic N) is 4. The SMILES string of the molecule is CCN(CC)CCN(CC(=O)N1c2ccccc2C(=O)Nc2cccnc21)CC1CCCCC1.Cl. The Morgan fingerprint density at radius 1 is 1.03 bits per heavy atom. The summed E-state index contributed by atoms with van der Waals surface area (Å²) in [6.07, 6.45) is 8.04. The summed E-state index contributed by atoms with van der Waals surface area (Å²) in [5.41, 5.74) is 1.62. The van der Waals surface area contributed by atoms with E-state index in [-0.39, 0.29) is 24.2 Å². The molecule has 0 radical (unpaired) electrons. The second-order valence-electron chi connectivity index (χ2n) is 9.34. The van der Waals surface area contributed by atoms with Crippen LogP contribution < -0.4 is 10.2 Å². The van der Waals surface area contributed by atoms with Gasteiger partial charge in [-0.2, -0.15) is 0 Å². The summed E-state index contributed by atoms with van der Waals surface area (Å²) in [5.74, 6) is 0.843. The summed E-state index contributed by atoms with van der Waals surface area (Å²) in [7, 11) is 0. The number of rotatable bonds is 9. The van der Waals surface area contributed by atoms with Gasteiger partial charge in [0.1, 0.15) is 0 Å². The Labute approximate surface area is 215 Å². The number of carbonyl (C=O) groups excluding carboxylic acids is 2. The van der Waals surface area contributed by atoms with Crippen LogP contribution in [0.15, 0.2) is 42.6 Å². The smallest absolute Gasteiger partial charge is 0.257 e. The fourth-order valence-corrected chi connectivity index (χ4v) is 5.14. The normalized spacial score (nSPS) is 15.8. The van der Waals surface area contributed by atoms with E-state index in [1.54, 1.807) is 29.3 Å². The third-order valence-corrected chi connectivity index (χ3v) is 7.11. The van der Waals surface area contributed by atoms with Crippen molar-refractivity contribution < 1.29 is 9.59 Å². The van der Waals surface area contributed by atoms with Crippen molar-refractivity contribution in [1.29, 1.82) is 0 Å². The van der Waals surface area contributed by atoms with Crippen molar-refractivity contribution in [1.82, 2.24) is 14.8 Å². The lowest BCUT2D eigenvalue weighted by atomic mass is 9.89. The summed E-state index contributed by atoms with van der Waals surface area (Å²) < 4.78 is 0. The number of benzene rings is 1. The fraction of sp³-hybridized carbons (Fsp3) is 0.519. The molecule has 190 valence electrons. The number of carbonyl (C=O) groups is 2. The summed E-state index contributed by atoms with van der Waals surface area (Å²) in [4.78, 5) is 37.6. The molecule has 1 aliphatic heterocycles. The van der Waals surface area contributed by atoms with Crippen LogP contribution in [0.2, 0.25) is 0 Å². The number of likely N-dealkylation sites (N-methyl/N-ethyl adjacent to an activating group) is 1. The van der Waals surface area contributed by atoms with Gasteiger partial charge in [0.25, 0.3) is 5.91 Å². The predicted octanol–water partition coefficient (Wildman–Crippen LogP) is 4.96. The van der Waals surface area contributed by atoms with Gasteiger partial charge in [0.2, 0.25) is 5.91 Å². The van der Waals surface area contributed by atoms with Crippen molar-refractivity contribution in [3.8, 4) is 0 Å². The van der Waals surface area contributed by atoms with Crippen LogP contribution in [0.3, 0.4) is 0 Å². The molecule has 4 rings (SSSR count). The van der Waals surface area contributed by atoms with Crippen LogP contribution in [0.1, 0.15) is 56.3 Å². The van der Waals surface area contributed by atoms with E-state index in [0.29, 0.717) is 35.2 Å². The van der Waals surface area contributed by atoms with E-state index in [9.17, 15) is 9.59 Å². The second kappa shape index (κ2) is 13.0. The number of aromatic nitrogens is 1. The highest BCUT2D eigenvalue weighted by Crippen LogP contribution is 2.36. The number of amides is 2. The quantitative estimate of drug-likeness (QED) is 0.528. The van der Waals surface area contributed by atoms with E-state index >= 15 is 0 Å². The lowest BCUT2D eigenvalue weighted by Gasteiger charge is -2.32. The highest BCUT2D eigenvalue weighted by Gasteiger charge is 2.31. The molecule has 0 atom stereocenters. The van der Waals surface area contributed by atoms with Crippen LogP contribution in [0.4, 0.5) is 17.2 Å². The Hall–Kier alpha value is -2.48. The average molecular weight is 500 g/mol. The van der Waals surface area contributed by atoms with Crippen LogP contribution in [-0.4, -0.2) is 65.9 Å². The highest BCUT2D eigenvalue weighted by molar-refractivity contribution is 6.17. The minimum atomic E-state index is -0.222. The van der Waals surface area contributed by atoms with Crippen LogP contribution in [0.5, 0.6) is 0 Å². The van der Waals surface area contributed by atoms with Gasteiger partial charge in [-0.3, -0.25) is 19.4 Å². The van der Waals surface area contributed by atoms with E-state index in [0.717, 1.165) is 32.7 Å². The number of anilines is 3. The minimum absolute atomic E-state index is 0. The first-order valence-electron chi connectivity index (χ1n) is 12.7. The Balaban J connectivity index is 0.00000342. The maximum Gasteiger partial charge on any atom is 0.257 e. The van der Waals surface area contributed by atoms with Gasteiger partial charge >= 0.3 is 0 Å². The zero-order valence-electron chi connectivity index (χ0n) is 20.9. The molecule has 1 N–H and O–H groups in total. The lowest BCUT2D eigenvalue weighted by Crippen LogP contribution is -2.44. The maximum absolute atomic E-state index is 13.9. The molecule has 2 aromatic rings. The Morgan fingerprint density at radius 3 is 2.49 bits per heavy atom. The Kier molecular flexibility index (Phi) is 10.1. The number of pyridine rings is 1. The van der Waals surface area contributed by atoms with Gasteiger partial charge in [-0.15, -0.1) is 12.4 Å². The number of nitrogens with one attached hydrogen (secondary N) is 1. The molecule has 8 heteroatoms. The summed E-state index contributed by atoms with van der Waals surface area (Å²) in [5, 5.41) is 2.92. The molecule has 1 fully saturated rings. The minimum Gasteiger partial charge on any atom is -0.319 e. The van der Waals surface area contributed by atoms with Crippen molar-refractivity contribution >= 4 is 41.4 Å². The largest absolute Gasteiger partial charge is 0.319 e.